The third kappa shape index (κ3) is 7.14. The smallest absolute Gasteiger partial charge is 0.164 e. The summed E-state index contributed by atoms with van der Waals surface area (Å²) >= 11 is 0. The van der Waals surface area contributed by atoms with Gasteiger partial charge in [0.05, 0.1) is 0 Å². The van der Waals surface area contributed by atoms with Crippen molar-refractivity contribution in [1.29, 1.82) is 0 Å². The van der Waals surface area contributed by atoms with E-state index in [0.717, 1.165) is 72.0 Å². The average Bonchev–Trinajstić information content (AvgIpc) is 3.82. The maximum Gasteiger partial charge on any atom is 0.164 e. The number of hydrogen-bond acceptors (Lipinski definition) is 4. The summed E-state index contributed by atoms with van der Waals surface area (Å²) in [5.74, 6) is 1.86. The fourth-order valence-corrected chi connectivity index (χ4v) is 10.1. The number of benzene rings is 11. The summed E-state index contributed by atoms with van der Waals surface area (Å²) in [6.45, 7) is 0. The SMILES string of the molecule is c1ccc(-c2cccc(-c3nc(-c4ccc(-c5ccc(-c6ccc(-c7cccc8oc9ccccc9c78)c7ccccc67)c6ccccc56)cc4)nc(-c4ccccc4-c4ccccc4)n3)c2)cc1. The van der Waals surface area contributed by atoms with Gasteiger partial charge in [-0.05, 0) is 95.4 Å². The van der Waals surface area contributed by atoms with Crippen LogP contribution in [0.3, 0.4) is 0 Å². The Balaban J connectivity index is 0.903. The molecule has 0 spiro atoms. The number of para-hydroxylation sites is 1. The van der Waals surface area contributed by atoms with Crippen molar-refractivity contribution in [2.45, 2.75) is 0 Å². The highest BCUT2D eigenvalue weighted by Crippen LogP contribution is 2.44. The van der Waals surface area contributed by atoms with E-state index in [0.29, 0.717) is 17.5 Å². The summed E-state index contributed by atoms with van der Waals surface area (Å²) in [7, 11) is 0. The molecule has 2 aromatic heterocycles. The molecule has 0 aliphatic heterocycles. The first kappa shape index (κ1) is 40.1. The van der Waals surface area contributed by atoms with E-state index in [-0.39, 0.29) is 0 Å². The Morgan fingerprint density at radius 1 is 0.217 bits per heavy atom. The minimum Gasteiger partial charge on any atom is -0.456 e. The molecule has 11 aromatic carbocycles. The van der Waals surface area contributed by atoms with Crippen LogP contribution in [-0.2, 0) is 0 Å². The van der Waals surface area contributed by atoms with Crippen LogP contribution in [0.5, 0.6) is 0 Å². The number of aromatic nitrogens is 3. The predicted molar refractivity (Wildman–Crippen MR) is 286 cm³/mol. The van der Waals surface area contributed by atoms with Crippen molar-refractivity contribution < 1.29 is 4.42 Å². The van der Waals surface area contributed by atoms with E-state index in [1.165, 1.54) is 43.8 Å². The van der Waals surface area contributed by atoms with Gasteiger partial charge in [0.25, 0.3) is 0 Å². The lowest BCUT2D eigenvalue weighted by Crippen LogP contribution is -2.01. The molecule has 0 unspecified atom stereocenters. The molecule has 4 nitrogen and oxygen atoms in total. The van der Waals surface area contributed by atoms with Gasteiger partial charge in [0.15, 0.2) is 17.5 Å². The molecule has 0 saturated carbocycles. The molecule has 69 heavy (non-hydrogen) atoms. The Kier molecular flexibility index (Phi) is 9.80. The first-order valence-corrected chi connectivity index (χ1v) is 23.3. The van der Waals surface area contributed by atoms with Crippen LogP contribution in [0, 0.1) is 0 Å². The van der Waals surface area contributed by atoms with Gasteiger partial charge in [-0.25, -0.2) is 15.0 Å². The van der Waals surface area contributed by atoms with Crippen LogP contribution >= 0.6 is 0 Å². The number of nitrogens with zero attached hydrogens (tertiary/aromatic N) is 3. The summed E-state index contributed by atoms with van der Waals surface area (Å²) in [6, 6.07) is 87.7. The number of hydrogen-bond donors (Lipinski definition) is 0. The van der Waals surface area contributed by atoms with Crippen LogP contribution in [-0.4, -0.2) is 15.0 Å². The van der Waals surface area contributed by atoms with Gasteiger partial charge in [0, 0.05) is 27.5 Å². The van der Waals surface area contributed by atoms with Gasteiger partial charge in [0.1, 0.15) is 11.2 Å². The van der Waals surface area contributed by atoms with Gasteiger partial charge in [-0.3, -0.25) is 0 Å². The van der Waals surface area contributed by atoms with Crippen molar-refractivity contribution in [1.82, 2.24) is 15.0 Å². The molecule has 0 aliphatic carbocycles. The monoisotopic (exact) mass is 879 g/mol. The van der Waals surface area contributed by atoms with E-state index < -0.39 is 0 Å². The van der Waals surface area contributed by atoms with Gasteiger partial charge in [-0.15, -0.1) is 0 Å². The second-order valence-corrected chi connectivity index (χ2v) is 17.4. The Hall–Kier alpha value is -9.25. The van der Waals surface area contributed by atoms with E-state index in [4.69, 9.17) is 19.4 Å². The molecular weight excluding hydrogens is 839 g/mol. The van der Waals surface area contributed by atoms with Gasteiger partial charge >= 0.3 is 0 Å². The van der Waals surface area contributed by atoms with Gasteiger partial charge in [0.2, 0.25) is 0 Å². The van der Waals surface area contributed by atoms with Crippen LogP contribution < -0.4 is 0 Å². The maximum atomic E-state index is 6.31. The zero-order chi connectivity index (χ0) is 45.7. The molecule has 0 fully saturated rings. The molecule has 0 atom stereocenters. The highest BCUT2D eigenvalue weighted by molar-refractivity contribution is 6.18. The molecule has 0 aliphatic rings. The topological polar surface area (TPSA) is 51.8 Å². The summed E-state index contributed by atoms with van der Waals surface area (Å²) in [5.41, 5.74) is 16.0. The lowest BCUT2D eigenvalue weighted by Gasteiger charge is -2.16. The molecular formula is C65H41N3O. The van der Waals surface area contributed by atoms with Crippen LogP contribution in [0.2, 0.25) is 0 Å². The first-order valence-electron chi connectivity index (χ1n) is 23.3. The van der Waals surface area contributed by atoms with Crippen molar-refractivity contribution in [2.24, 2.45) is 0 Å². The third-order valence-electron chi connectivity index (χ3n) is 13.4. The van der Waals surface area contributed by atoms with Crippen molar-refractivity contribution in [3.63, 3.8) is 0 Å². The summed E-state index contributed by atoms with van der Waals surface area (Å²) in [4.78, 5) is 15.6. The van der Waals surface area contributed by atoms with E-state index >= 15 is 0 Å². The molecule has 0 bridgehead atoms. The van der Waals surface area contributed by atoms with Crippen LogP contribution in [0.15, 0.2) is 253 Å². The van der Waals surface area contributed by atoms with E-state index in [1.807, 2.05) is 30.3 Å². The zero-order valence-corrected chi connectivity index (χ0v) is 37.4. The summed E-state index contributed by atoms with van der Waals surface area (Å²) < 4.78 is 6.31. The Labute approximate surface area is 399 Å². The summed E-state index contributed by atoms with van der Waals surface area (Å²) in [6.07, 6.45) is 0. The van der Waals surface area contributed by atoms with Gasteiger partial charge in [-0.1, -0.05) is 231 Å². The first-order chi connectivity index (χ1) is 34.2. The fraction of sp³-hybridized carbons (Fsp3) is 0. The Morgan fingerprint density at radius 3 is 1.32 bits per heavy atom. The quantitative estimate of drug-likeness (QED) is 0.153. The van der Waals surface area contributed by atoms with E-state index in [1.54, 1.807) is 0 Å². The van der Waals surface area contributed by atoms with Crippen molar-refractivity contribution in [3.8, 4) is 89.8 Å². The van der Waals surface area contributed by atoms with Crippen molar-refractivity contribution in [3.05, 3.63) is 249 Å². The fourth-order valence-electron chi connectivity index (χ4n) is 10.1. The number of rotatable bonds is 8. The molecule has 0 saturated heterocycles. The summed E-state index contributed by atoms with van der Waals surface area (Å²) in [5, 5.41) is 7.06. The average molecular weight is 880 g/mol. The highest BCUT2D eigenvalue weighted by atomic mass is 16.3. The minimum atomic E-state index is 0.613. The molecule has 13 aromatic rings. The normalized spacial score (nSPS) is 11.5. The zero-order valence-electron chi connectivity index (χ0n) is 37.4. The second kappa shape index (κ2) is 16.9. The lowest BCUT2D eigenvalue weighted by atomic mass is 9.87. The van der Waals surface area contributed by atoms with E-state index in [2.05, 4.69) is 218 Å². The molecule has 2 heterocycles. The number of fused-ring (bicyclic) bond motifs is 5. The molecule has 0 radical (unpaired) electrons. The molecule has 0 N–H and O–H groups in total. The largest absolute Gasteiger partial charge is 0.456 e. The number of furan rings is 1. The second-order valence-electron chi connectivity index (χ2n) is 17.4. The molecule has 4 heteroatoms. The van der Waals surface area contributed by atoms with Crippen molar-refractivity contribution in [2.75, 3.05) is 0 Å². The Morgan fingerprint density at radius 2 is 0.638 bits per heavy atom. The Bertz CT molecular complexity index is 4060. The minimum absolute atomic E-state index is 0.613. The third-order valence-corrected chi connectivity index (χ3v) is 13.4. The molecule has 0 amide bonds. The van der Waals surface area contributed by atoms with Crippen LogP contribution in [0.1, 0.15) is 0 Å². The van der Waals surface area contributed by atoms with Crippen LogP contribution in [0.25, 0.3) is 133 Å². The standard InChI is InChI=1S/C65H41N3O/c1-3-17-42(18-4-1)46-21-15-22-47(41-46)64-66-63(67-65(68-64)58-28-12-7-23-48(58)43-19-5-2-6-20-43)45-35-33-44(34-36-45)49-37-38-54(51-25-9-8-24-50(49)51)55-39-40-56(53-27-11-10-26-52(53)55)57-30-16-32-61-62(57)59-29-13-14-31-60(59)69-61/h1-41H. The predicted octanol–water partition coefficient (Wildman–Crippen LogP) is 17.4. The van der Waals surface area contributed by atoms with Gasteiger partial charge < -0.3 is 4.42 Å². The molecule has 13 rings (SSSR count). The molecule has 322 valence electrons. The van der Waals surface area contributed by atoms with E-state index in [9.17, 15) is 0 Å². The van der Waals surface area contributed by atoms with Crippen molar-refractivity contribution >= 4 is 43.5 Å². The highest BCUT2D eigenvalue weighted by Gasteiger charge is 2.19. The van der Waals surface area contributed by atoms with Crippen LogP contribution in [0.4, 0.5) is 0 Å². The lowest BCUT2D eigenvalue weighted by molar-refractivity contribution is 0.669. The van der Waals surface area contributed by atoms with Gasteiger partial charge in [-0.2, -0.15) is 0 Å². The maximum absolute atomic E-state index is 6.31.